The number of nitrogen functional groups attached to an aromatic ring is 1. The molecule has 21 nitrogen and oxygen atoms in total. The van der Waals surface area contributed by atoms with Crippen molar-refractivity contribution in [2.75, 3.05) is 63.7 Å². The number of sulfonamides is 2. The summed E-state index contributed by atoms with van der Waals surface area (Å²) >= 11 is 0. The molecule has 2 saturated heterocycles. The molecule has 1 aromatic heterocycles. The van der Waals surface area contributed by atoms with Gasteiger partial charge >= 0.3 is 12.2 Å². The molecular weight excluding hydrogens is 1080 g/mol. The van der Waals surface area contributed by atoms with Crippen LogP contribution in [0.15, 0.2) is 144 Å². The van der Waals surface area contributed by atoms with Gasteiger partial charge in [-0.3, -0.25) is 9.78 Å². The van der Waals surface area contributed by atoms with Crippen LogP contribution in [0.5, 0.6) is 0 Å². The summed E-state index contributed by atoms with van der Waals surface area (Å²) in [5.41, 5.74) is 15.2. The van der Waals surface area contributed by atoms with Gasteiger partial charge in [0.1, 0.15) is 12.2 Å². The zero-order chi connectivity index (χ0) is 58.5. The van der Waals surface area contributed by atoms with Crippen molar-refractivity contribution in [1.82, 2.24) is 24.2 Å². The Labute approximate surface area is 475 Å². The maximum absolute atomic E-state index is 13.9. The molecule has 5 aromatic rings. The summed E-state index contributed by atoms with van der Waals surface area (Å²) in [6, 6.07) is 31.6. The van der Waals surface area contributed by atoms with E-state index in [0.29, 0.717) is 63.5 Å². The summed E-state index contributed by atoms with van der Waals surface area (Å²) in [4.78, 5) is 42.1. The van der Waals surface area contributed by atoms with Gasteiger partial charge in [-0.25, -0.2) is 26.4 Å². The number of alkyl carbamates (subject to hydrolysis) is 2. The van der Waals surface area contributed by atoms with Crippen LogP contribution in [0.2, 0.25) is 0 Å². The lowest BCUT2D eigenvalue weighted by molar-refractivity contribution is -0.117. The first kappa shape index (κ1) is 63.6. The number of rotatable bonds is 26. The van der Waals surface area contributed by atoms with Gasteiger partial charge < -0.3 is 56.6 Å². The lowest BCUT2D eigenvalue weighted by Gasteiger charge is -2.30. The van der Waals surface area contributed by atoms with Gasteiger partial charge in [0, 0.05) is 62.8 Å². The molecule has 440 valence electrons. The number of pyridine rings is 1. The maximum Gasteiger partial charge on any atom is 0.407 e. The number of nitrogens with zero attached hydrogens (tertiary/aromatic N) is 3. The average Bonchev–Trinajstić information content (AvgIpc) is 4.31. The van der Waals surface area contributed by atoms with Crippen molar-refractivity contribution in [2.45, 2.75) is 112 Å². The molecular formula is C58H78N8O13S2. The lowest BCUT2D eigenvalue weighted by Crippen LogP contribution is -2.51. The van der Waals surface area contributed by atoms with Gasteiger partial charge in [-0.05, 0) is 102 Å². The first-order chi connectivity index (χ1) is 38.7. The van der Waals surface area contributed by atoms with Crippen molar-refractivity contribution >= 4 is 49.5 Å². The van der Waals surface area contributed by atoms with Crippen molar-refractivity contribution in [1.29, 1.82) is 0 Å². The second kappa shape index (κ2) is 31.0. The molecule has 0 unspecified atom stereocenters. The summed E-state index contributed by atoms with van der Waals surface area (Å²) < 4.78 is 78.4. The van der Waals surface area contributed by atoms with E-state index in [2.05, 4.69) is 20.9 Å². The van der Waals surface area contributed by atoms with Crippen LogP contribution in [-0.4, -0.2) is 154 Å². The zero-order valence-corrected chi connectivity index (χ0v) is 47.9. The molecule has 3 amide bonds. The fourth-order valence-corrected chi connectivity index (χ4v) is 12.2. The third kappa shape index (κ3) is 20.4. The summed E-state index contributed by atoms with van der Waals surface area (Å²) in [6.45, 7) is 9.09. The van der Waals surface area contributed by atoms with Gasteiger partial charge in [-0.2, -0.15) is 8.61 Å². The number of aliphatic hydroxyl groups is 2. The van der Waals surface area contributed by atoms with E-state index in [1.165, 1.54) is 57.1 Å². The number of amides is 3. The minimum Gasteiger partial charge on any atom is -0.444 e. The highest BCUT2D eigenvalue weighted by atomic mass is 32.2. The quantitative estimate of drug-likeness (QED) is 0.0353. The standard InChI is InChI=1S/C33H43N5O7S.C25H35N3O6S/c1-23(2)20-38(21-31(39)30(18-24-7-4-3-5-8-24)37-33(41)45-27-14-16-44-22-27)46(42,43)28-12-10-26(11-13-28)36-32(40)29(34)17-25-9-6-15-35-19-25;1-18(2)15-28(35(31,32)22-10-8-20(26)9-11-22)16-24(29)23(14-19-6-4-3-5-7-19)27-25(30)34-21-12-13-33-17-21/h3-13,15,19,23,27,29-31,39H,14,16-18,20-22,34H2,1-2H3,(H,36,40)(H,37,41);3-11,18,21,23-24,29H,12-17,26H2,1-2H3,(H,27,30)/t27-,29-,30-,31+;21-,23-,24+/m00/s1. The van der Waals surface area contributed by atoms with Crippen molar-refractivity contribution in [3.05, 3.63) is 150 Å². The van der Waals surface area contributed by atoms with Crippen LogP contribution in [0.3, 0.4) is 0 Å². The minimum absolute atomic E-state index is 0.00813. The number of hydrogen-bond donors (Lipinski definition) is 7. The van der Waals surface area contributed by atoms with Crippen molar-refractivity contribution in [3.63, 3.8) is 0 Å². The second-order valence-corrected chi connectivity index (χ2v) is 24.9. The van der Waals surface area contributed by atoms with Gasteiger partial charge in [0.05, 0.1) is 66.6 Å². The monoisotopic (exact) mass is 1160 g/mol. The van der Waals surface area contributed by atoms with Gasteiger partial charge in [0.2, 0.25) is 26.0 Å². The molecule has 7 atom stereocenters. The van der Waals surface area contributed by atoms with E-state index in [4.69, 9.17) is 30.4 Å². The number of nitrogens with one attached hydrogen (secondary N) is 3. The van der Waals surface area contributed by atoms with Crippen LogP contribution in [0.25, 0.3) is 0 Å². The number of carbonyl (C=O) groups is 3. The molecule has 7 rings (SSSR count). The Morgan fingerprint density at radius 3 is 1.44 bits per heavy atom. The van der Waals surface area contributed by atoms with Gasteiger partial charge in [-0.1, -0.05) is 94.4 Å². The maximum atomic E-state index is 13.9. The van der Waals surface area contributed by atoms with Crippen molar-refractivity contribution < 1.29 is 60.4 Å². The number of nitrogens with two attached hydrogens (primary N) is 2. The molecule has 2 aliphatic rings. The number of hydrogen-bond acceptors (Lipinski definition) is 16. The number of benzene rings is 4. The molecule has 2 aliphatic heterocycles. The van der Waals surface area contributed by atoms with Crippen LogP contribution < -0.4 is 27.4 Å². The number of aromatic nitrogens is 1. The number of anilines is 2. The van der Waals surface area contributed by atoms with E-state index in [1.54, 1.807) is 18.5 Å². The third-order valence-electron chi connectivity index (χ3n) is 13.2. The van der Waals surface area contributed by atoms with E-state index in [9.17, 15) is 41.4 Å². The molecule has 0 spiro atoms. The van der Waals surface area contributed by atoms with Crippen LogP contribution in [0.4, 0.5) is 21.0 Å². The van der Waals surface area contributed by atoms with Crippen molar-refractivity contribution in [3.8, 4) is 0 Å². The Balaban J connectivity index is 0.000000271. The topological polar surface area (TPSA) is 304 Å². The largest absolute Gasteiger partial charge is 0.444 e. The zero-order valence-electron chi connectivity index (χ0n) is 46.3. The fourth-order valence-electron chi connectivity index (χ4n) is 8.96. The van der Waals surface area contributed by atoms with Crippen LogP contribution in [0, 0.1) is 11.8 Å². The highest BCUT2D eigenvalue weighted by Gasteiger charge is 2.34. The summed E-state index contributed by atoms with van der Waals surface area (Å²) in [6.07, 6.45) is 0.787. The third-order valence-corrected chi connectivity index (χ3v) is 16.9. The van der Waals surface area contributed by atoms with Gasteiger partial charge in [0.15, 0.2) is 0 Å². The Morgan fingerprint density at radius 2 is 1.05 bits per heavy atom. The predicted molar refractivity (Wildman–Crippen MR) is 307 cm³/mol. The molecule has 0 radical (unpaired) electrons. The van der Waals surface area contributed by atoms with Crippen LogP contribution in [-0.2, 0) is 63.1 Å². The van der Waals surface area contributed by atoms with Crippen LogP contribution in [0.1, 0.15) is 57.2 Å². The average molecular weight is 1160 g/mol. The van der Waals surface area contributed by atoms with E-state index in [0.717, 1.165) is 16.7 Å². The Morgan fingerprint density at radius 1 is 0.617 bits per heavy atom. The molecule has 81 heavy (non-hydrogen) atoms. The summed E-state index contributed by atoms with van der Waals surface area (Å²) in [7, 11) is -7.98. The highest BCUT2D eigenvalue weighted by molar-refractivity contribution is 7.89. The van der Waals surface area contributed by atoms with Gasteiger partial charge in [0.25, 0.3) is 0 Å². The lowest BCUT2D eigenvalue weighted by atomic mass is 10.0. The molecule has 23 heteroatoms. The van der Waals surface area contributed by atoms with E-state index in [-0.39, 0.29) is 66.4 Å². The molecule has 0 bridgehead atoms. The fraction of sp³-hybridized carbons (Fsp3) is 0.448. The molecule has 3 heterocycles. The van der Waals surface area contributed by atoms with Crippen molar-refractivity contribution in [2.24, 2.45) is 17.6 Å². The Kier molecular flexibility index (Phi) is 24.4. The summed E-state index contributed by atoms with van der Waals surface area (Å²) in [5, 5.41) is 30.8. The predicted octanol–water partition coefficient (Wildman–Crippen LogP) is 5.13. The Hall–Kier alpha value is -6.54. The second-order valence-electron chi connectivity index (χ2n) is 21.0. The normalized spacial score (nSPS) is 17.4. The van der Waals surface area contributed by atoms with E-state index in [1.807, 2.05) is 94.4 Å². The summed E-state index contributed by atoms with van der Waals surface area (Å²) in [5.74, 6) is -0.465. The molecule has 4 aromatic carbocycles. The molecule has 0 saturated carbocycles. The molecule has 0 aliphatic carbocycles. The van der Waals surface area contributed by atoms with E-state index < -0.39 is 68.5 Å². The minimum atomic E-state index is -4.08. The molecule has 2 fully saturated rings. The SMILES string of the molecule is CC(C)CN(C[C@@H](O)[C@H](Cc1ccccc1)NC(=O)O[C@H]1CCOC1)S(=O)(=O)c1ccc(N)cc1.CC(C)CN(C[C@@H](O)[C@H](Cc1ccccc1)NC(=O)O[C@H]1CCOC1)S(=O)(=O)c1ccc(NC(=O)[C@@H](N)Cc2cccnc2)cc1. The first-order valence-electron chi connectivity index (χ1n) is 27.1. The van der Waals surface area contributed by atoms with Crippen LogP contribution >= 0.6 is 0 Å². The number of carbonyl (C=O) groups excluding carboxylic acids is 3. The molecule has 9 N–H and O–H groups in total. The number of aliphatic hydroxyl groups excluding tert-OH is 2. The van der Waals surface area contributed by atoms with E-state index >= 15 is 0 Å². The smallest absolute Gasteiger partial charge is 0.407 e. The number of ether oxygens (including phenoxy) is 4. The van der Waals surface area contributed by atoms with Gasteiger partial charge in [-0.15, -0.1) is 0 Å². The first-order valence-corrected chi connectivity index (χ1v) is 30.0. The highest BCUT2D eigenvalue weighted by Crippen LogP contribution is 2.24. The Bertz CT molecular complexity index is 2940.